The van der Waals surface area contributed by atoms with Crippen LogP contribution < -0.4 is 10.5 Å². The minimum Gasteiger partial charge on any atom is -0.330 e. The summed E-state index contributed by atoms with van der Waals surface area (Å²) >= 11 is 2.80. The molecule has 3 N–H and O–H groups in total. The summed E-state index contributed by atoms with van der Waals surface area (Å²) in [6, 6.07) is 3.45. The van der Waals surface area contributed by atoms with Gasteiger partial charge in [-0.05, 0) is 25.1 Å². The second-order valence-electron chi connectivity index (χ2n) is 4.38. The quantitative estimate of drug-likeness (QED) is 0.810. The monoisotopic (exact) mass is 331 g/mol. The maximum atomic E-state index is 12.2. The Bertz CT molecular complexity index is 635. The van der Waals surface area contributed by atoms with Crippen LogP contribution in [0.1, 0.15) is 22.7 Å². The minimum atomic E-state index is -3.44. The minimum absolute atomic E-state index is 0.0632. The Balaban J connectivity index is 1.99. The van der Waals surface area contributed by atoms with E-state index in [-0.39, 0.29) is 5.92 Å². The lowest BCUT2D eigenvalue weighted by molar-refractivity contribution is 0.576. The summed E-state index contributed by atoms with van der Waals surface area (Å²) in [6.45, 7) is 2.82. The number of hydrogen-bond donors (Lipinski definition) is 2. The van der Waals surface area contributed by atoms with Gasteiger partial charge in [0.1, 0.15) is 4.21 Å². The van der Waals surface area contributed by atoms with Gasteiger partial charge in [0.2, 0.25) is 10.0 Å². The normalized spacial score (nSPS) is 13.5. The summed E-state index contributed by atoms with van der Waals surface area (Å²) in [4.78, 5) is 5.18. The average Bonchev–Trinajstić information content (AvgIpc) is 3.07. The highest BCUT2D eigenvalue weighted by atomic mass is 32.2. The molecule has 5 nitrogen and oxygen atoms in total. The molecule has 110 valence electrons. The van der Waals surface area contributed by atoms with Gasteiger partial charge < -0.3 is 5.73 Å². The van der Waals surface area contributed by atoms with Crippen LogP contribution in [0.15, 0.2) is 27.9 Å². The van der Waals surface area contributed by atoms with Gasteiger partial charge in [-0.25, -0.2) is 18.1 Å². The first-order chi connectivity index (χ1) is 9.53. The molecule has 2 heterocycles. The number of thiazole rings is 1. The van der Waals surface area contributed by atoms with Crippen LogP contribution in [0, 0.1) is 0 Å². The van der Waals surface area contributed by atoms with E-state index in [9.17, 15) is 8.42 Å². The molecule has 0 fully saturated rings. The molecule has 0 amide bonds. The molecular weight excluding hydrogens is 314 g/mol. The smallest absolute Gasteiger partial charge is 0.250 e. The predicted octanol–water partition coefficient (Wildman–Crippen LogP) is 1.79. The molecule has 0 bridgehead atoms. The van der Waals surface area contributed by atoms with Crippen molar-refractivity contribution >= 4 is 32.7 Å². The van der Waals surface area contributed by atoms with Crippen molar-refractivity contribution in [3.63, 3.8) is 0 Å². The molecule has 2 aromatic rings. The predicted molar refractivity (Wildman–Crippen MR) is 82.8 cm³/mol. The Morgan fingerprint density at radius 2 is 2.25 bits per heavy atom. The molecule has 0 aliphatic heterocycles. The SMILES string of the molecule is CC(CNS(=O)(=O)c1ccc(CCN)s1)c1nccs1. The molecule has 8 heteroatoms. The zero-order chi connectivity index (χ0) is 14.6. The summed E-state index contributed by atoms with van der Waals surface area (Å²) in [6.07, 6.45) is 2.43. The molecule has 0 radical (unpaired) electrons. The van der Waals surface area contributed by atoms with E-state index in [0.717, 1.165) is 9.88 Å². The Kier molecular flexibility index (Phi) is 5.28. The van der Waals surface area contributed by atoms with Crippen molar-refractivity contribution in [1.82, 2.24) is 9.71 Å². The van der Waals surface area contributed by atoms with E-state index in [4.69, 9.17) is 5.73 Å². The third kappa shape index (κ3) is 3.86. The third-order valence-electron chi connectivity index (χ3n) is 2.75. The van der Waals surface area contributed by atoms with Crippen molar-refractivity contribution in [2.24, 2.45) is 5.73 Å². The van der Waals surface area contributed by atoms with Crippen molar-refractivity contribution in [3.8, 4) is 0 Å². The highest BCUT2D eigenvalue weighted by Gasteiger charge is 2.18. The van der Waals surface area contributed by atoms with Gasteiger partial charge in [-0.15, -0.1) is 22.7 Å². The molecule has 0 saturated heterocycles. The maximum absolute atomic E-state index is 12.2. The number of thiophene rings is 1. The van der Waals surface area contributed by atoms with E-state index in [1.807, 2.05) is 18.4 Å². The fourth-order valence-corrected chi connectivity index (χ4v) is 4.89. The molecule has 1 unspecified atom stereocenters. The summed E-state index contributed by atoms with van der Waals surface area (Å²) in [5.41, 5.74) is 5.47. The summed E-state index contributed by atoms with van der Waals surface area (Å²) in [7, 11) is -3.44. The number of hydrogen-bond acceptors (Lipinski definition) is 6. The Hall–Kier alpha value is -0.800. The fraction of sp³-hybridized carbons (Fsp3) is 0.417. The molecular formula is C12H17N3O2S3. The molecule has 2 aromatic heterocycles. The zero-order valence-electron chi connectivity index (χ0n) is 11.1. The second-order valence-corrected chi connectivity index (χ2v) is 8.47. The number of nitrogens with zero attached hydrogens (tertiary/aromatic N) is 1. The molecule has 0 aliphatic carbocycles. The van der Waals surface area contributed by atoms with Gasteiger partial charge in [-0.2, -0.15) is 0 Å². The van der Waals surface area contributed by atoms with Crippen LogP contribution in [0.25, 0.3) is 0 Å². The van der Waals surface area contributed by atoms with Crippen LogP contribution in [0.4, 0.5) is 0 Å². The molecule has 1 atom stereocenters. The van der Waals surface area contributed by atoms with Gasteiger partial charge in [-0.1, -0.05) is 6.92 Å². The molecule has 0 aliphatic rings. The van der Waals surface area contributed by atoms with Gasteiger partial charge in [-0.3, -0.25) is 0 Å². The van der Waals surface area contributed by atoms with Gasteiger partial charge >= 0.3 is 0 Å². The first kappa shape index (κ1) is 15.6. The van der Waals surface area contributed by atoms with Crippen molar-refractivity contribution in [3.05, 3.63) is 33.6 Å². The Morgan fingerprint density at radius 3 is 2.90 bits per heavy atom. The summed E-state index contributed by atoms with van der Waals surface area (Å²) in [5, 5.41) is 2.82. The number of aromatic nitrogens is 1. The van der Waals surface area contributed by atoms with Crippen molar-refractivity contribution in [2.45, 2.75) is 23.5 Å². The van der Waals surface area contributed by atoms with Crippen molar-refractivity contribution < 1.29 is 8.42 Å². The number of nitrogens with one attached hydrogen (secondary N) is 1. The highest BCUT2D eigenvalue weighted by molar-refractivity contribution is 7.91. The zero-order valence-corrected chi connectivity index (χ0v) is 13.5. The van der Waals surface area contributed by atoms with Crippen LogP contribution in [-0.4, -0.2) is 26.5 Å². The Morgan fingerprint density at radius 1 is 1.45 bits per heavy atom. The van der Waals surface area contributed by atoms with Crippen LogP contribution in [-0.2, 0) is 16.4 Å². The summed E-state index contributed by atoms with van der Waals surface area (Å²) < 4.78 is 27.3. The van der Waals surface area contributed by atoms with E-state index in [1.54, 1.807) is 12.3 Å². The maximum Gasteiger partial charge on any atom is 0.250 e. The van der Waals surface area contributed by atoms with Gasteiger partial charge in [0.15, 0.2) is 0 Å². The molecule has 2 rings (SSSR count). The largest absolute Gasteiger partial charge is 0.330 e. The highest BCUT2D eigenvalue weighted by Crippen LogP contribution is 2.23. The lowest BCUT2D eigenvalue weighted by Gasteiger charge is -2.09. The Labute approximate surface area is 126 Å². The van der Waals surface area contributed by atoms with Crippen LogP contribution in [0.3, 0.4) is 0 Å². The van der Waals surface area contributed by atoms with E-state index < -0.39 is 10.0 Å². The standard InChI is InChI=1S/C12H17N3O2S3/c1-9(12-14-6-7-18-12)8-15-20(16,17)11-3-2-10(19-11)4-5-13/h2-3,6-7,9,15H,4-5,8,13H2,1H3. The first-order valence-corrected chi connectivity index (χ1v) is 9.38. The number of sulfonamides is 1. The average molecular weight is 331 g/mol. The van der Waals surface area contributed by atoms with Crippen LogP contribution in [0.2, 0.25) is 0 Å². The lowest BCUT2D eigenvalue weighted by atomic mass is 10.2. The fourth-order valence-electron chi connectivity index (χ4n) is 1.65. The van der Waals surface area contributed by atoms with Gasteiger partial charge in [0.25, 0.3) is 0 Å². The third-order valence-corrected chi connectivity index (χ3v) is 6.81. The van der Waals surface area contributed by atoms with Crippen molar-refractivity contribution in [2.75, 3.05) is 13.1 Å². The molecule has 0 spiro atoms. The number of rotatable bonds is 7. The molecule has 20 heavy (non-hydrogen) atoms. The van der Waals surface area contributed by atoms with E-state index in [2.05, 4.69) is 9.71 Å². The van der Waals surface area contributed by atoms with Crippen molar-refractivity contribution in [1.29, 1.82) is 0 Å². The van der Waals surface area contributed by atoms with E-state index in [0.29, 0.717) is 23.7 Å². The lowest BCUT2D eigenvalue weighted by Crippen LogP contribution is -2.27. The second kappa shape index (κ2) is 6.77. The topological polar surface area (TPSA) is 85.1 Å². The van der Waals surface area contributed by atoms with E-state index >= 15 is 0 Å². The van der Waals surface area contributed by atoms with Crippen LogP contribution in [0.5, 0.6) is 0 Å². The van der Waals surface area contributed by atoms with E-state index in [1.165, 1.54) is 22.7 Å². The first-order valence-electron chi connectivity index (χ1n) is 6.21. The van der Waals surface area contributed by atoms with Gasteiger partial charge in [0.05, 0.1) is 5.01 Å². The van der Waals surface area contributed by atoms with Gasteiger partial charge in [0, 0.05) is 28.9 Å². The molecule has 0 saturated carbocycles. The van der Waals surface area contributed by atoms with Crippen LogP contribution >= 0.6 is 22.7 Å². The molecule has 0 aromatic carbocycles. The number of nitrogens with two attached hydrogens (primary N) is 1. The summed E-state index contributed by atoms with van der Waals surface area (Å²) in [5.74, 6) is 0.0632.